The van der Waals surface area contributed by atoms with E-state index in [1.54, 1.807) is 0 Å². The number of rotatable bonds is 5. The molecule has 26 heavy (non-hydrogen) atoms. The highest BCUT2D eigenvalue weighted by molar-refractivity contribution is 5.79. The largest absolute Gasteiger partial charge is 0.369 e. The van der Waals surface area contributed by atoms with E-state index < -0.39 is 0 Å². The van der Waals surface area contributed by atoms with Gasteiger partial charge in [0.15, 0.2) is 0 Å². The van der Waals surface area contributed by atoms with Gasteiger partial charge in [0.25, 0.3) is 0 Å². The normalized spacial score (nSPS) is 27.8. The number of nitrogens with zero attached hydrogens (tertiary/aromatic N) is 2. The molecule has 0 aromatic heterocycles. The van der Waals surface area contributed by atoms with Crippen LogP contribution in [0.3, 0.4) is 0 Å². The van der Waals surface area contributed by atoms with Crippen molar-refractivity contribution in [3.8, 4) is 0 Å². The van der Waals surface area contributed by atoms with Crippen LogP contribution in [0, 0.1) is 5.92 Å². The second-order valence-electron chi connectivity index (χ2n) is 8.50. The topological polar surface area (TPSA) is 78.7 Å². The van der Waals surface area contributed by atoms with Crippen LogP contribution in [0.15, 0.2) is 0 Å². The maximum Gasteiger partial charge on any atom is 0.234 e. The van der Waals surface area contributed by atoms with Crippen LogP contribution in [0.25, 0.3) is 0 Å². The van der Waals surface area contributed by atoms with E-state index in [2.05, 4.69) is 15.1 Å². The summed E-state index contributed by atoms with van der Waals surface area (Å²) in [6.45, 7) is 4.24. The van der Waals surface area contributed by atoms with E-state index in [1.165, 1.54) is 51.5 Å². The molecular formula is C20H36N4O2. The van der Waals surface area contributed by atoms with E-state index in [0.29, 0.717) is 12.6 Å². The number of carbonyl (C=O) groups excluding carboxylic acids is 2. The van der Waals surface area contributed by atoms with E-state index in [1.807, 2.05) is 0 Å². The van der Waals surface area contributed by atoms with Crippen LogP contribution in [0.4, 0.5) is 0 Å². The van der Waals surface area contributed by atoms with Gasteiger partial charge in [-0.05, 0) is 58.2 Å². The van der Waals surface area contributed by atoms with Crippen molar-refractivity contribution >= 4 is 11.8 Å². The zero-order chi connectivity index (χ0) is 18.4. The van der Waals surface area contributed by atoms with Gasteiger partial charge in [-0.2, -0.15) is 0 Å². The molecule has 0 spiro atoms. The Kier molecular flexibility index (Phi) is 7.32. The number of likely N-dealkylation sites (tertiary alicyclic amines) is 2. The Labute approximate surface area is 157 Å². The summed E-state index contributed by atoms with van der Waals surface area (Å²) in [6, 6.07) is 1.02. The van der Waals surface area contributed by atoms with Crippen molar-refractivity contribution in [3.63, 3.8) is 0 Å². The second kappa shape index (κ2) is 9.70. The minimum atomic E-state index is -0.199. The van der Waals surface area contributed by atoms with Crippen LogP contribution in [0.5, 0.6) is 0 Å². The molecular weight excluding hydrogens is 328 g/mol. The molecule has 2 saturated heterocycles. The van der Waals surface area contributed by atoms with Gasteiger partial charge in [0, 0.05) is 24.5 Å². The molecule has 0 bridgehead atoms. The number of piperidine rings is 2. The molecule has 6 heteroatoms. The fourth-order valence-corrected chi connectivity index (χ4v) is 4.93. The number of nitrogens with one attached hydrogen (secondary N) is 1. The molecule has 0 aromatic carbocycles. The Morgan fingerprint density at radius 2 is 1.58 bits per heavy atom. The van der Waals surface area contributed by atoms with E-state index in [9.17, 15) is 9.59 Å². The van der Waals surface area contributed by atoms with Crippen LogP contribution < -0.4 is 11.1 Å². The summed E-state index contributed by atoms with van der Waals surface area (Å²) in [5, 5.41) is 3.27. The van der Waals surface area contributed by atoms with E-state index in [-0.39, 0.29) is 17.7 Å². The van der Waals surface area contributed by atoms with Crippen molar-refractivity contribution in [2.45, 2.75) is 76.3 Å². The van der Waals surface area contributed by atoms with Gasteiger partial charge in [-0.3, -0.25) is 19.4 Å². The van der Waals surface area contributed by atoms with E-state index >= 15 is 0 Å². The standard InChI is InChI=1S/C20H36N4O2/c21-20(26)16-9-12-23(13-10-16)15-19(25)22-17-6-5-11-24(14-17)18-7-3-1-2-4-8-18/h16-18H,1-15H2,(H2,21,26)(H,22,25). The van der Waals surface area contributed by atoms with Gasteiger partial charge < -0.3 is 11.1 Å². The van der Waals surface area contributed by atoms with Gasteiger partial charge in [-0.25, -0.2) is 0 Å². The number of hydrogen-bond acceptors (Lipinski definition) is 4. The number of carbonyl (C=O) groups is 2. The maximum atomic E-state index is 12.5. The summed E-state index contributed by atoms with van der Waals surface area (Å²) in [5.74, 6) is -0.0778. The zero-order valence-corrected chi connectivity index (χ0v) is 16.1. The Bertz CT molecular complexity index is 468. The van der Waals surface area contributed by atoms with Crippen LogP contribution >= 0.6 is 0 Å². The van der Waals surface area contributed by atoms with Crippen molar-refractivity contribution in [3.05, 3.63) is 0 Å². The molecule has 2 aliphatic heterocycles. The van der Waals surface area contributed by atoms with Crippen molar-refractivity contribution in [1.29, 1.82) is 0 Å². The van der Waals surface area contributed by atoms with Crippen molar-refractivity contribution < 1.29 is 9.59 Å². The first-order chi connectivity index (χ1) is 12.6. The molecule has 0 aromatic rings. The molecule has 3 N–H and O–H groups in total. The van der Waals surface area contributed by atoms with Crippen LogP contribution in [0.1, 0.15) is 64.2 Å². The Hall–Kier alpha value is -1.14. The van der Waals surface area contributed by atoms with E-state index in [0.717, 1.165) is 44.9 Å². The quantitative estimate of drug-likeness (QED) is 0.725. The third-order valence-corrected chi connectivity index (χ3v) is 6.52. The first kappa shape index (κ1) is 19.6. The third-order valence-electron chi connectivity index (χ3n) is 6.52. The zero-order valence-electron chi connectivity index (χ0n) is 16.1. The lowest BCUT2D eigenvalue weighted by Gasteiger charge is -2.38. The third kappa shape index (κ3) is 5.68. The molecule has 1 unspecified atom stereocenters. The lowest BCUT2D eigenvalue weighted by molar-refractivity contribution is -0.124. The molecule has 148 valence electrons. The van der Waals surface area contributed by atoms with Gasteiger partial charge in [0.2, 0.25) is 11.8 Å². The second-order valence-corrected chi connectivity index (χ2v) is 8.50. The molecule has 6 nitrogen and oxygen atoms in total. The number of nitrogens with two attached hydrogens (primary N) is 1. The summed E-state index contributed by atoms with van der Waals surface area (Å²) in [5.41, 5.74) is 5.38. The predicted octanol–water partition coefficient (Wildman–Crippen LogP) is 1.49. The highest BCUT2D eigenvalue weighted by Gasteiger charge is 2.28. The molecule has 3 aliphatic rings. The van der Waals surface area contributed by atoms with E-state index in [4.69, 9.17) is 5.73 Å². The summed E-state index contributed by atoms with van der Waals surface area (Å²) >= 11 is 0. The lowest BCUT2D eigenvalue weighted by Crippen LogP contribution is -2.53. The van der Waals surface area contributed by atoms with Gasteiger partial charge in [-0.15, -0.1) is 0 Å². The Morgan fingerprint density at radius 3 is 2.23 bits per heavy atom. The summed E-state index contributed by atoms with van der Waals surface area (Å²) in [6.07, 6.45) is 12.0. The molecule has 0 radical (unpaired) electrons. The van der Waals surface area contributed by atoms with Gasteiger partial charge in [0.05, 0.1) is 6.54 Å². The van der Waals surface area contributed by atoms with Crippen molar-refractivity contribution in [2.24, 2.45) is 11.7 Å². The fraction of sp³-hybridized carbons (Fsp3) is 0.900. The lowest BCUT2D eigenvalue weighted by atomic mass is 9.96. The molecule has 1 aliphatic carbocycles. The van der Waals surface area contributed by atoms with Crippen LogP contribution in [-0.2, 0) is 9.59 Å². The number of primary amides is 1. The summed E-state index contributed by atoms with van der Waals surface area (Å²) in [7, 11) is 0. The highest BCUT2D eigenvalue weighted by Crippen LogP contribution is 2.24. The highest BCUT2D eigenvalue weighted by atomic mass is 16.2. The average Bonchev–Trinajstić information content (AvgIpc) is 2.92. The predicted molar refractivity (Wildman–Crippen MR) is 103 cm³/mol. The SMILES string of the molecule is NC(=O)C1CCN(CC(=O)NC2CCCN(C3CCCCCC3)C2)CC1. The monoisotopic (exact) mass is 364 g/mol. The minimum Gasteiger partial charge on any atom is -0.369 e. The molecule has 3 fully saturated rings. The van der Waals surface area contributed by atoms with Crippen LogP contribution in [0.2, 0.25) is 0 Å². The number of amides is 2. The first-order valence-electron chi connectivity index (χ1n) is 10.7. The molecule has 2 heterocycles. The minimum absolute atomic E-state index is 0.0132. The first-order valence-corrected chi connectivity index (χ1v) is 10.7. The van der Waals surface area contributed by atoms with Crippen LogP contribution in [-0.4, -0.2) is 66.4 Å². The average molecular weight is 365 g/mol. The van der Waals surface area contributed by atoms with Crippen molar-refractivity contribution in [2.75, 3.05) is 32.7 Å². The Morgan fingerprint density at radius 1 is 0.885 bits per heavy atom. The van der Waals surface area contributed by atoms with Gasteiger partial charge >= 0.3 is 0 Å². The maximum absolute atomic E-state index is 12.5. The van der Waals surface area contributed by atoms with Crippen molar-refractivity contribution in [1.82, 2.24) is 15.1 Å². The Balaban J connectivity index is 1.40. The molecule has 3 rings (SSSR count). The fourth-order valence-electron chi connectivity index (χ4n) is 4.93. The summed E-state index contributed by atoms with van der Waals surface area (Å²) in [4.78, 5) is 28.5. The molecule has 1 atom stereocenters. The molecule has 2 amide bonds. The molecule has 1 saturated carbocycles. The number of hydrogen-bond donors (Lipinski definition) is 2. The van der Waals surface area contributed by atoms with Gasteiger partial charge in [-0.1, -0.05) is 25.7 Å². The smallest absolute Gasteiger partial charge is 0.234 e. The van der Waals surface area contributed by atoms with Gasteiger partial charge in [0.1, 0.15) is 0 Å². The summed E-state index contributed by atoms with van der Waals surface area (Å²) < 4.78 is 0.